The Hall–Kier alpha value is -4.77. The fraction of sp³-hybridized carbons (Fsp3) is 0.226. The fourth-order valence-electron chi connectivity index (χ4n) is 6.31. The average molecular weight is 576 g/mol. The summed E-state index contributed by atoms with van der Waals surface area (Å²) >= 11 is 0. The van der Waals surface area contributed by atoms with Crippen LogP contribution in [0, 0.1) is 11.8 Å². The van der Waals surface area contributed by atoms with E-state index < -0.39 is 52.9 Å². The SMILES string of the molecule is CC(=O)c1ccc(N2C(=O)C3C(c4cccc(C(F)(F)F)c4)NC(Cc4c[nH]c5ccccc45)(C(=O)O)C3C2=O)cc1. The van der Waals surface area contributed by atoms with Crippen LogP contribution in [0.4, 0.5) is 18.9 Å². The Kier molecular flexibility index (Phi) is 6.30. The monoisotopic (exact) mass is 575 g/mol. The van der Waals surface area contributed by atoms with E-state index in [1.807, 2.05) is 0 Å². The number of halogens is 3. The molecular formula is C31H24F3N3O5. The highest BCUT2D eigenvalue weighted by Crippen LogP contribution is 2.51. The van der Waals surface area contributed by atoms with Gasteiger partial charge in [0.05, 0.1) is 23.1 Å². The number of nitrogens with one attached hydrogen (secondary N) is 2. The van der Waals surface area contributed by atoms with Crippen LogP contribution >= 0.6 is 0 Å². The molecule has 214 valence electrons. The van der Waals surface area contributed by atoms with Crippen molar-refractivity contribution in [2.45, 2.75) is 31.1 Å². The van der Waals surface area contributed by atoms with Gasteiger partial charge < -0.3 is 10.1 Å². The van der Waals surface area contributed by atoms with E-state index in [1.54, 1.807) is 30.5 Å². The molecule has 3 aromatic carbocycles. The standard InChI is InChI=1S/C31H24F3N3O5/c1-16(38)17-9-11-21(12-10-17)37-27(39)24-25(28(37)40)30(29(41)42,14-19-15-35-23-8-3-2-7-22(19)23)36-26(24)18-5-4-6-20(13-18)31(32,33)34/h2-13,15,24-26,35-36H,14H2,1H3,(H,41,42). The van der Waals surface area contributed by atoms with Gasteiger partial charge >= 0.3 is 12.1 Å². The lowest BCUT2D eigenvalue weighted by atomic mass is 9.76. The number of imide groups is 1. The number of nitrogens with zero attached hydrogens (tertiary/aromatic N) is 1. The summed E-state index contributed by atoms with van der Waals surface area (Å²) in [6.45, 7) is 1.36. The molecule has 0 aliphatic carbocycles. The van der Waals surface area contributed by atoms with Gasteiger partial charge in [-0.25, -0.2) is 4.90 Å². The quantitative estimate of drug-likeness (QED) is 0.222. The number of carbonyl (C=O) groups is 4. The molecule has 4 atom stereocenters. The molecule has 0 saturated carbocycles. The predicted octanol–water partition coefficient (Wildman–Crippen LogP) is 4.91. The Balaban J connectivity index is 1.50. The Morgan fingerprint density at radius 2 is 1.69 bits per heavy atom. The molecule has 2 saturated heterocycles. The van der Waals surface area contributed by atoms with Crippen LogP contribution in [0.5, 0.6) is 0 Å². The molecule has 11 heteroatoms. The third-order valence-corrected chi connectivity index (χ3v) is 8.29. The van der Waals surface area contributed by atoms with E-state index in [9.17, 15) is 37.5 Å². The van der Waals surface area contributed by atoms with Crippen LogP contribution in [0.15, 0.2) is 79.0 Å². The second kappa shape index (κ2) is 9.66. The molecule has 4 aromatic rings. The number of ketones is 1. The van der Waals surface area contributed by atoms with Gasteiger partial charge in [0.15, 0.2) is 5.78 Å². The molecule has 4 unspecified atom stereocenters. The van der Waals surface area contributed by atoms with Gasteiger partial charge in [-0.15, -0.1) is 0 Å². The van der Waals surface area contributed by atoms with Crippen LogP contribution in [0.25, 0.3) is 10.9 Å². The number of carbonyl (C=O) groups excluding carboxylic acids is 3. The number of rotatable bonds is 6. The van der Waals surface area contributed by atoms with E-state index in [0.29, 0.717) is 16.5 Å². The van der Waals surface area contributed by atoms with Crippen LogP contribution in [-0.4, -0.2) is 39.2 Å². The van der Waals surface area contributed by atoms with Crippen molar-refractivity contribution >= 4 is 40.2 Å². The normalized spacial score (nSPS) is 23.9. The molecule has 2 aliphatic heterocycles. The highest BCUT2D eigenvalue weighted by atomic mass is 19.4. The van der Waals surface area contributed by atoms with Crippen molar-refractivity contribution in [1.29, 1.82) is 0 Å². The lowest BCUT2D eigenvalue weighted by Gasteiger charge is -2.31. The lowest BCUT2D eigenvalue weighted by Crippen LogP contribution is -2.57. The molecule has 0 bridgehead atoms. The summed E-state index contributed by atoms with van der Waals surface area (Å²) in [5.74, 6) is -5.91. The molecule has 42 heavy (non-hydrogen) atoms. The summed E-state index contributed by atoms with van der Waals surface area (Å²) in [6, 6.07) is 16.0. The van der Waals surface area contributed by atoms with Crippen molar-refractivity contribution in [3.05, 3.63) is 101 Å². The third kappa shape index (κ3) is 4.19. The summed E-state index contributed by atoms with van der Waals surface area (Å²) in [7, 11) is 0. The number of anilines is 1. The Morgan fingerprint density at radius 1 is 0.976 bits per heavy atom. The highest BCUT2D eigenvalue weighted by Gasteiger charge is 2.68. The van der Waals surface area contributed by atoms with Crippen molar-refractivity contribution in [2.24, 2.45) is 11.8 Å². The molecule has 8 nitrogen and oxygen atoms in total. The number of hydrogen-bond donors (Lipinski definition) is 3. The first-order valence-corrected chi connectivity index (χ1v) is 13.1. The van der Waals surface area contributed by atoms with Gasteiger partial charge in [0.2, 0.25) is 11.8 Å². The van der Waals surface area contributed by atoms with E-state index in [0.717, 1.165) is 22.5 Å². The number of aromatic amines is 1. The molecule has 0 radical (unpaired) electrons. The van der Waals surface area contributed by atoms with Gasteiger partial charge in [0.25, 0.3) is 0 Å². The molecule has 0 spiro atoms. The lowest BCUT2D eigenvalue weighted by molar-refractivity contribution is -0.148. The Bertz CT molecular complexity index is 1760. The van der Waals surface area contributed by atoms with Crippen molar-refractivity contribution in [1.82, 2.24) is 10.3 Å². The second-order valence-corrected chi connectivity index (χ2v) is 10.7. The summed E-state index contributed by atoms with van der Waals surface area (Å²) in [5.41, 5.74) is -1.17. The van der Waals surface area contributed by atoms with E-state index in [2.05, 4.69) is 10.3 Å². The number of aliphatic carboxylic acids is 1. The maximum absolute atomic E-state index is 14.1. The van der Waals surface area contributed by atoms with Gasteiger partial charge in [-0.3, -0.25) is 24.5 Å². The first-order valence-electron chi connectivity index (χ1n) is 13.1. The summed E-state index contributed by atoms with van der Waals surface area (Å²) in [4.78, 5) is 57.0. The van der Waals surface area contributed by atoms with Crippen LogP contribution in [0.2, 0.25) is 0 Å². The number of fused-ring (bicyclic) bond motifs is 2. The van der Waals surface area contributed by atoms with Crippen molar-refractivity contribution in [3.63, 3.8) is 0 Å². The third-order valence-electron chi connectivity index (χ3n) is 8.29. The van der Waals surface area contributed by atoms with Gasteiger partial charge in [0, 0.05) is 35.1 Å². The molecule has 2 fully saturated rings. The van der Waals surface area contributed by atoms with Gasteiger partial charge in [-0.05, 0) is 60.5 Å². The van der Waals surface area contributed by atoms with Crippen LogP contribution in [0.1, 0.15) is 40.0 Å². The van der Waals surface area contributed by atoms with Crippen LogP contribution in [0.3, 0.4) is 0 Å². The highest BCUT2D eigenvalue weighted by molar-refractivity contribution is 6.24. The van der Waals surface area contributed by atoms with E-state index in [1.165, 1.54) is 43.3 Å². The number of hydrogen-bond acceptors (Lipinski definition) is 5. The minimum absolute atomic E-state index is 0.0387. The zero-order valence-corrected chi connectivity index (χ0v) is 22.1. The number of H-pyrrole nitrogens is 1. The molecule has 3 heterocycles. The van der Waals surface area contributed by atoms with Crippen molar-refractivity contribution in [3.8, 4) is 0 Å². The molecule has 2 aliphatic rings. The first kappa shape index (κ1) is 27.4. The number of amides is 2. The maximum atomic E-state index is 14.1. The second-order valence-electron chi connectivity index (χ2n) is 10.7. The van der Waals surface area contributed by atoms with Gasteiger partial charge in [0.1, 0.15) is 5.54 Å². The minimum Gasteiger partial charge on any atom is -0.480 e. The number of benzene rings is 3. The zero-order chi connectivity index (χ0) is 30.0. The van der Waals surface area contributed by atoms with E-state index in [-0.39, 0.29) is 23.5 Å². The first-order chi connectivity index (χ1) is 19.9. The number of alkyl halides is 3. The molecule has 2 amide bonds. The summed E-state index contributed by atoms with van der Waals surface area (Å²) in [5, 5.41) is 14.4. The van der Waals surface area contributed by atoms with Gasteiger partial charge in [-0.2, -0.15) is 13.2 Å². The van der Waals surface area contributed by atoms with Crippen molar-refractivity contribution in [2.75, 3.05) is 4.90 Å². The van der Waals surface area contributed by atoms with E-state index in [4.69, 9.17) is 0 Å². The maximum Gasteiger partial charge on any atom is 0.416 e. The number of carboxylic acid groups (broad SMARTS) is 1. The Morgan fingerprint density at radius 3 is 2.36 bits per heavy atom. The minimum atomic E-state index is -4.68. The summed E-state index contributed by atoms with van der Waals surface area (Å²) < 4.78 is 40.9. The van der Waals surface area contributed by atoms with Gasteiger partial charge in [-0.1, -0.05) is 30.3 Å². The number of Topliss-reactive ketones (excluding diaryl/α,β-unsaturated/α-hetero) is 1. The zero-order valence-electron chi connectivity index (χ0n) is 22.1. The predicted molar refractivity (Wildman–Crippen MR) is 146 cm³/mol. The van der Waals surface area contributed by atoms with E-state index >= 15 is 0 Å². The van der Waals surface area contributed by atoms with Crippen LogP contribution in [-0.2, 0) is 27.0 Å². The molecule has 3 N–H and O–H groups in total. The molecule has 1 aromatic heterocycles. The molecule has 6 rings (SSSR count). The fourth-order valence-corrected chi connectivity index (χ4v) is 6.31. The smallest absolute Gasteiger partial charge is 0.416 e. The number of para-hydroxylation sites is 1. The topological polar surface area (TPSA) is 120 Å². The van der Waals surface area contributed by atoms with Crippen LogP contribution < -0.4 is 10.2 Å². The Labute approximate surface area is 237 Å². The number of carboxylic acids is 1. The summed E-state index contributed by atoms with van der Waals surface area (Å²) in [6.07, 6.45) is -3.27. The number of aromatic nitrogens is 1. The van der Waals surface area contributed by atoms with Crippen molar-refractivity contribution < 1.29 is 37.5 Å². The average Bonchev–Trinajstić information content (AvgIpc) is 3.60. The largest absolute Gasteiger partial charge is 0.480 e. The molecular weight excluding hydrogens is 551 g/mol.